The van der Waals surface area contributed by atoms with Crippen LogP contribution in [0.15, 0.2) is 30.3 Å². The standard InChI is InChI=1S/C16H20N2O/c1-18(14-7-3-4-8-14)16-15-9-5-2-6-12(15)10-13(11-19)17-16/h2,5-6,9-10,14,19H,3-4,7-8,11H2,1H3. The van der Waals surface area contributed by atoms with Gasteiger partial charge in [-0.1, -0.05) is 37.1 Å². The number of aromatic nitrogens is 1. The first-order chi connectivity index (χ1) is 9.29. The van der Waals surface area contributed by atoms with Crippen molar-refractivity contribution >= 4 is 16.6 Å². The molecule has 0 radical (unpaired) electrons. The van der Waals surface area contributed by atoms with E-state index in [1.165, 1.54) is 31.1 Å². The first-order valence-corrected chi connectivity index (χ1v) is 7.02. The van der Waals surface area contributed by atoms with Crippen molar-refractivity contribution in [2.45, 2.75) is 38.3 Å². The quantitative estimate of drug-likeness (QED) is 0.916. The van der Waals surface area contributed by atoms with Crippen molar-refractivity contribution in [3.63, 3.8) is 0 Å². The van der Waals surface area contributed by atoms with Crippen LogP contribution in [0, 0.1) is 0 Å². The molecule has 0 unspecified atom stereocenters. The van der Waals surface area contributed by atoms with E-state index in [4.69, 9.17) is 0 Å². The van der Waals surface area contributed by atoms with Gasteiger partial charge in [0, 0.05) is 18.5 Å². The highest BCUT2D eigenvalue weighted by molar-refractivity contribution is 5.92. The summed E-state index contributed by atoms with van der Waals surface area (Å²) in [6.45, 7) is -0.00363. The van der Waals surface area contributed by atoms with Gasteiger partial charge < -0.3 is 10.0 Å². The molecule has 1 fully saturated rings. The number of aliphatic hydroxyl groups excluding tert-OH is 1. The maximum atomic E-state index is 9.39. The summed E-state index contributed by atoms with van der Waals surface area (Å²) in [6, 6.07) is 10.8. The first-order valence-electron chi connectivity index (χ1n) is 7.02. The molecular formula is C16H20N2O. The van der Waals surface area contributed by atoms with Gasteiger partial charge in [-0.2, -0.15) is 0 Å². The number of anilines is 1. The van der Waals surface area contributed by atoms with Crippen molar-refractivity contribution < 1.29 is 5.11 Å². The molecule has 1 N–H and O–H groups in total. The van der Waals surface area contributed by atoms with E-state index in [0.717, 1.165) is 16.9 Å². The van der Waals surface area contributed by atoms with E-state index >= 15 is 0 Å². The zero-order chi connectivity index (χ0) is 13.2. The predicted molar refractivity (Wildman–Crippen MR) is 78.3 cm³/mol. The Morgan fingerprint density at radius 1 is 1.26 bits per heavy atom. The Bertz CT molecular complexity index is 576. The maximum absolute atomic E-state index is 9.39. The summed E-state index contributed by atoms with van der Waals surface area (Å²) in [5.74, 6) is 1.01. The van der Waals surface area contributed by atoms with Crippen molar-refractivity contribution in [2.75, 3.05) is 11.9 Å². The summed E-state index contributed by atoms with van der Waals surface area (Å²) in [6.07, 6.45) is 5.12. The highest BCUT2D eigenvalue weighted by atomic mass is 16.3. The molecule has 1 saturated carbocycles. The molecule has 0 spiro atoms. The monoisotopic (exact) mass is 256 g/mol. The Balaban J connectivity index is 2.09. The van der Waals surface area contributed by atoms with Crippen LogP contribution >= 0.6 is 0 Å². The first kappa shape index (κ1) is 12.4. The van der Waals surface area contributed by atoms with Crippen molar-refractivity contribution in [3.8, 4) is 0 Å². The number of aliphatic hydroxyl groups is 1. The van der Waals surface area contributed by atoms with Gasteiger partial charge in [0.1, 0.15) is 5.82 Å². The number of nitrogens with zero attached hydrogens (tertiary/aromatic N) is 2. The topological polar surface area (TPSA) is 36.4 Å². The van der Waals surface area contributed by atoms with Gasteiger partial charge in [-0.15, -0.1) is 0 Å². The van der Waals surface area contributed by atoms with E-state index in [1.807, 2.05) is 12.1 Å². The third kappa shape index (κ3) is 2.30. The summed E-state index contributed by atoms with van der Waals surface area (Å²) in [5, 5.41) is 11.7. The number of hydrogen-bond donors (Lipinski definition) is 1. The minimum Gasteiger partial charge on any atom is -0.390 e. The van der Waals surface area contributed by atoms with Gasteiger partial charge in [0.15, 0.2) is 0 Å². The second kappa shape index (κ2) is 5.17. The molecule has 3 nitrogen and oxygen atoms in total. The van der Waals surface area contributed by atoms with Crippen molar-refractivity contribution in [1.82, 2.24) is 4.98 Å². The average Bonchev–Trinajstić information content (AvgIpc) is 2.99. The molecule has 1 aliphatic rings. The molecule has 1 aromatic carbocycles. The lowest BCUT2D eigenvalue weighted by atomic mass is 10.1. The van der Waals surface area contributed by atoms with Crippen molar-refractivity contribution in [2.24, 2.45) is 0 Å². The molecular weight excluding hydrogens is 236 g/mol. The number of benzene rings is 1. The predicted octanol–water partition coefficient (Wildman–Crippen LogP) is 3.11. The largest absolute Gasteiger partial charge is 0.390 e. The second-order valence-corrected chi connectivity index (χ2v) is 5.37. The second-order valence-electron chi connectivity index (χ2n) is 5.37. The lowest BCUT2D eigenvalue weighted by Gasteiger charge is -2.27. The van der Waals surface area contributed by atoms with Crippen LogP contribution in [-0.2, 0) is 6.61 Å². The summed E-state index contributed by atoms with van der Waals surface area (Å²) in [4.78, 5) is 6.94. The van der Waals surface area contributed by atoms with E-state index in [2.05, 4.69) is 35.1 Å². The zero-order valence-corrected chi connectivity index (χ0v) is 11.3. The van der Waals surface area contributed by atoms with Crippen molar-refractivity contribution in [1.29, 1.82) is 0 Å². The van der Waals surface area contributed by atoms with E-state index in [1.54, 1.807) is 0 Å². The molecule has 0 amide bonds. The van der Waals surface area contributed by atoms with Gasteiger partial charge in [-0.05, 0) is 24.3 Å². The molecule has 19 heavy (non-hydrogen) atoms. The lowest BCUT2D eigenvalue weighted by molar-refractivity contribution is 0.277. The molecule has 2 aromatic rings. The Morgan fingerprint density at radius 2 is 2.00 bits per heavy atom. The molecule has 1 aromatic heterocycles. The Hall–Kier alpha value is -1.61. The molecule has 0 atom stereocenters. The third-order valence-corrected chi connectivity index (χ3v) is 4.14. The fourth-order valence-corrected chi connectivity index (χ4v) is 3.05. The van der Waals surface area contributed by atoms with Crippen LogP contribution in [0.4, 0.5) is 5.82 Å². The van der Waals surface area contributed by atoms with Gasteiger partial charge in [-0.25, -0.2) is 4.98 Å². The third-order valence-electron chi connectivity index (χ3n) is 4.14. The summed E-state index contributed by atoms with van der Waals surface area (Å²) in [5.41, 5.74) is 0.749. The SMILES string of the molecule is CN(c1nc(CO)cc2ccccc12)C1CCCC1. The fraction of sp³-hybridized carbons (Fsp3) is 0.438. The minimum absolute atomic E-state index is 0.00363. The van der Waals surface area contributed by atoms with E-state index in [0.29, 0.717) is 6.04 Å². The van der Waals surface area contributed by atoms with Gasteiger partial charge in [0.25, 0.3) is 0 Å². The van der Waals surface area contributed by atoms with E-state index < -0.39 is 0 Å². The molecule has 3 heteroatoms. The molecule has 1 aliphatic carbocycles. The average molecular weight is 256 g/mol. The molecule has 100 valence electrons. The van der Waals surface area contributed by atoms with E-state index in [9.17, 15) is 5.11 Å². The Kier molecular flexibility index (Phi) is 3.38. The molecule has 0 bridgehead atoms. The smallest absolute Gasteiger partial charge is 0.136 e. The van der Waals surface area contributed by atoms with Gasteiger partial charge in [-0.3, -0.25) is 0 Å². The van der Waals surface area contributed by atoms with Crippen LogP contribution in [0.5, 0.6) is 0 Å². The van der Waals surface area contributed by atoms with E-state index in [-0.39, 0.29) is 6.61 Å². The van der Waals surface area contributed by atoms with Crippen LogP contribution in [0.1, 0.15) is 31.4 Å². The number of hydrogen-bond acceptors (Lipinski definition) is 3. The Labute approximate surface area is 113 Å². The molecule has 3 rings (SSSR count). The highest BCUT2D eigenvalue weighted by Crippen LogP contribution is 2.31. The summed E-state index contributed by atoms with van der Waals surface area (Å²) >= 11 is 0. The van der Waals surface area contributed by atoms with Crippen LogP contribution in [0.2, 0.25) is 0 Å². The number of pyridine rings is 1. The van der Waals surface area contributed by atoms with Crippen LogP contribution < -0.4 is 4.90 Å². The normalized spacial score (nSPS) is 16.1. The van der Waals surface area contributed by atoms with Crippen LogP contribution in [-0.4, -0.2) is 23.2 Å². The molecule has 0 aliphatic heterocycles. The van der Waals surface area contributed by atoms with Crippen LogP contribution in [0.3, 0.4) is 0 Å². The summed E-state index contributed by atoms with van der Waals surface area (Å²) < 4.78 is 0. The molecule has 0 saturated heterocycles. The fourth-order valence-electron chi connectivity index (χ4n) is 3.05. The van der Waals surface area contributed by atoms with Crippen molar-refractivity contribution in [3.05, 3.63) is 36.0 Å². The van der Waals surface area contributed by atoms with Gasteiger partial charge >= 0.3 is 0 Å². The maximum Gasteiger partial charge on any atom is 0.136 e. The van der Waals surface area contributed by atoms with Gasteiger partial charge in [0.05, 0.1) is 12.3 Å². The molecule has 1 heterocycles. The highest BCUT2D eigenvalue weighted by Gasteiger charge is 2.22. The lowest BCUT2D eigenvalue weighted by Crippen LogP contribution is -2.30. The minimum atomic E-state index is -0.00363. The number of fused-ring (bicyclic) bond motifs is 1. The van der Waals surface area contributed by atoms with Crippen LogP contribution in [0.25, 0.3) is 10.8 Å². The zero-order valence-electron chi connectivity index (χ0n) is 11.3. The summed E-state index contributed by atoms with van der Waals surface area (Å²) in [7, 11) is 2.13. The Morgan fingerprint density at radius 3 is 2.74 bits per heavy atom. The van der Waals surface area contributed by atoms with Gasteiger partial charge in [0.2, 0.25) is 0 Å². The number of rotatable bonds is 3.